The molecular weight excluding hydrogens is 264 g/mol. The Balaban J connectivity index is 1.84. The molecule has 21 heavy (non-hydrogen) atoms. The third kappa shape index (κ3) is 4.99. The van der Waals surface area contributed by atoms with Gasteiger partial charge in [-0.1, -0.05) is 19.1 Å². The predicted molar refractivity (Wildman–Crippen MR) is 85.7 cm³/mol. The first-order valence-electron chi connectivity index (χ1n) is 7.85. The van der Waals surface area contributed by atoms with Crippen LogP contribution in [0.2, 0.25) is 0 Å². The van der Waals surface area contributed by atoms with Gasteiger partial charge in [-0.2, -0.15) is 0 Å². The highest BCUT2D eigenvalue weighted by Crippen LogP contribution is 2.18. The molecule has 1 aliphatic heterocycles. The van der Waals surface area contributed by atoms with Gasteiger partial charge >= 0.3 is 0 Å². The molecule has 1 aliphatic rings. The highest BCUT2D eigenvalue weighted by atomic mass is 16.5. The molecule has 4 heteroatoms. The Labute approximate surface area is 128 Å². The molecule has 0 aliphatic carbocycles. The minimum atomic E-state index is 0.498. The zero-order valence-electron chi connectivity index (χ0n) is 13.5. The van der Waals surface area contributed by atoms with Gasteiger partial charge in [0.2, 0.25) is 0 Å². The van der Waals surface area contributed by atoms with E-state index in [9.17, 15) is 0 Å². The lowest BCUT2D eigenvalue weighted by molar-refractivity contribution is 0.172. The lowest BCUT2D eigenvalue weighted by Crippen LogP contribution is -2.40. The van der Waals surface area contributed by atoms with Crippen molar-refractivity contribution in [2.24, 2.45) is 5.92 Å². The second kappa shape index (κ2) is 8.37. The summed E-state index contributed by atoms with van der Waals surface area (Å²) in [5.74, 6) is 1.50. The van der Waals surface area contributed by atoms with Crippen molar-refractivity contribution in [3.05, 3.63) is 29.8 Å². The molecule has 2 unspecified atom stereocenters. The van der Waals surface area contributed by atoms with Gasteiger partial charge in [-0.05, 0) is 37.7 Å². The van der Waals surface area contributed by atoms with Crippen molar-refractivity contribution in [1.29, 1.82) is 0 Å². The highest BCUT2D eigenvalue weighted by molar-refractivity contribution is 5.28. The third-order valence-corrected chi connectivity index (χ3v) is 3.99. The highest BCUT2D eigenvalue weighted by Gasteiger charge is 2.28. The summed E-state index contributed by atoms with van der Waals surface area (Å²) in [4.78, 5) is 2.37. The van der Waals surface area contributed by atoms with Crippen LogP contribution in [0.1, 0.15) is 18.9 Å². The summed E-state index contributed by atoms with van der Waals surface area (Å²) < 4.78 is 10.9. The first-order valence-corrected chi connectivity index (χ1v) is 7.85. The molecule has 0 radical (unpaired) electrons. The Hall–Kier alpha value is -1.10. The van der Waals surface area contributed by atoms with Gasteiger partial charge in [0.25, 0.3) is 0 Å². The van der Waals surface area contributed by atoms with Crippen molar-refractivity contribution in [1.82, 2.24) is 10.2 Å². The van der Waals surface area contributed by atoms with Gasteiger partial charge in [-0.3, -0.25) is 0 Å². The van der Waals surface area contributed by atoms with Crippen LogP contribution in [0.3, 0.4) is 0 Å². The molecule has 0 amide bonds. The van der Waals surface area contributed by atoms with Crippen LogP contribution in [-0.2, 0) is 11.3 Å². The number of ether oxygens (including phenoxy) is 2. The number of rotatable bonds is 8. The number of benzene rings is 1. The molecule has 0 bridgehead atoms. The fraction of sp³-hybridized carbons (Fsp3) is 0.647. The van der Waals surface area contributed by atoms with Gasteiger partial charge in [-0.15, -0.1) is 0 Å². The zero-order valence-corrected chi connectivity index (χ0v) is 13.5. The van der Waals surface area contributed by atoms with Crippen LogP contribution in [0.5, 0.6) is 5.75 Å². The summed E-state index contributed by atoms with van der Waals surface area (Å²) in [7, 11) is 3.89. The molecule has 4 nitrogen and oxygen atoms in total. The van der Waals surface area contributed by atoms with E-state index in [0.29, 0.717) is 12.0 Å². The van der Waals surface area contributed by atoms with Crippen LogP contribution >= 0.6 is 0 Å². The molecule has 118 valence electrons. The molecule has 1 N–H and O–H groups in total. The largest absolute Gasteiger partial charge is 0.497 e. The number of hydrogen-bond donors (Lipinski definition) is 1. The van der Waals surface area contributed by atoms with Crippen molar-refractivity contribution in [2.75, 3.05) is 40.5 Å². The monoisotopic (exact) mass is 292 g/mol. The van der Waals surface area contributed by atoms with Gasteiger partial charge in [0.1, 0.15) is 5.75 Å². The van der Waals surface area contributed by atoms with E-state index < -0.39 is 0 Å². The molecule has 1 aromatic rings. The van der Waals surface area contributed by atoms with E-state index in [0.717, 1.165) is 38.6 Å². The van der Waals surface area contributed by atoms with Crippen molar-refractivity contribution in [3.63, 3.8) is 0 Å². The fourth-order valence-electron chi connectivity index (χ4n) is 2.88. The molecule has 0 spiro atoms. The zero-order chi connectivity index (χ0) is 15.1. The third-order valence-electron chi connectivity index (χ3n) is 3.99. The Morgan fingerprint density at radius 3 is 3.00 bits per heavy atom. The smallest absolute Gasteiger partial charge is 0.119 e. The molecule has 1 fully saturated rings. The predicted octanol–water partition coefficient (Wildman–Crippen LogP) is 2.14. The van der Waals surface area contributed by atoms with E-state index >= 15 is 0 Å². The second-order valence-electron chi connectivity index (χ2n) is 5.91. The summed E-state index contributed by atoms with van der Waals surface area (Å²) in [6.45, 7) is 6.98. The van der Waals surface area contributed by atoms with E-state index in [1.54, 1.807) is 7.11 Å². The van der Waals surface area contributed by atoms with Crippen molar-refractivity contribution < 1.29 is 9.47 Å². The maximum atomic E-state index is 5.65. The maximum Gasteiger partial charge on any atom is 0.119 e. The van der Waals surface area contributed by atoms with E-state index in [4.69, 9.17) is 9.47 Å². The van der Waals surface area contributed by atoms with E-state index in [1.165, 1.54) is 12.0 Å². The molecule has 1 aromatic carbocycles. The Morgan fingerprint density at radius 2 is 2.24 bits per heavy atom. The van der Waals surface area contributed by atoms with Crippen LogP contribution in [0.25, 0.3) is 0 Å². The van der Waals surface area contributed by atoms with Crippen molar-refractivity contribution >= 4 is 0 Å². The van der Waals surface area contributed by atoms with Gasteiger partial charge in [-0.25, -0.2) is 0 Å². The molecular formula is C17H28N2O2. The van der Waals surface area contributed by atoms with Crippen LogP contribution in [0, 0.1) is 5.92 Å². The summed E-state index contributed by atoms with van der Waals surface area (Å²) in [6.07, 6.45) is 1.17. The van der Waals surface area contributed by atoms with Gasteiger partial charge < -0.3 is 19.7 Å². The van der Waals surface area contributed by atoms with Crippen LogP contribution < -0.4 is 10.1 Å². The fourth-order valence-corrected chi connectivity index (χ4v) is 2.88. The summed E-state index contributed by atoms with van der Waals surface area (Å²) in [5.41, 5.74) is 1.29. The SMILES string of the molecule is CCCNC1COCC1CN(C)Cc1cccc(OC)c1. The van der Waals surface area contributed by atoms with E-state index in [2.05, 4.69) is 36.3 Å². The summed E-state index contributed by atoms with van der Waals surface area (Å²) >= 11 is 0. The molecule has 0 saturated carbocycles. The first-order chi connectivity index (χ1) is 10.2. The maximum absolute atomic E-state index is 5.65. The minimum absolute atomic E-state index is 0.498. The molecule has 1 heterocycles. The van der Waals surface area contributed by atoms with Crippen LogP contribution in [-0.4, -0.2) is 51.4 Å². The van der Waals surface area contributed by atoms with Gasteiger partial charge in [0, 0.05) is 25.0 Å². The number of nitrogens with zero attached hydrogens (tertiary/aromatic N) is 1. The van der Waals surface area contributed by atoms with Gasteiger partial charge in [0.05, 0.1) is 20.3 Å². The Kier molecular flexibility index (Phi) is 6.49. The first kappa shape index (κ1) is 16.3. The Bertz CT molecular complexity index is 425. The lowest BCUT2D eigenvalue weighted by Gasteiger charge is -2.25. The van der Waals surface area contributed by atoms with Crippen LogP contribution in [0.4, 0.5) is 0 Å². The molecule has 2 rings (SSSR count). The van der Waals surface area contributed by atoms with Crippen molar-refractivity contribution in [3.8, 4) is 5.75 Å². The normalized spacial score (nSPS) is 21.9. The Morgan fingerprint density at radius 1 is 1.38 bits per heavy atom. The molecule has 2 atom stereocenters. The number of nitrogens with one attached hydrogen (secondary N) is 1. The molecule has 0 aromatic heterocycles. The van der Waals surface area contributed by atoms with Crippen molar-refractivity contribution in [2.45, 2.75) is 25.9 Å². The van der Waals surface area contributed by atoms with Gasteiger partial charge in [0.15, 0.2) is 0 Å². The average Bonchev–Trinajstić information content (AvgIpc) is 2.92. The minimum Gasteiger partial charge on any atom is -0.497 e. The number of methoxy groups -OCH3 is 1. The topological polar surface area (TPSA) is 33.7 Å². The summed E-state index contributed by atoms with van der Waals surface area (Å²) in [5, 5.41) is 3.60. The summed E-state index contributed by atoms with van der Waals surface area (Å²) in [6, 6.07) is 8.79. The van der Waals surface area contributed by atoms with Crippen LogP contribution in [0.15, 0.2) is 24.3 Å². The van der Waals surface area contributed by atoms with E-state index in [-0.39, 0.29) is 0 Å². The number of hydrogen-bond acceptors (Lipinski definition) is 4. The lowest BCUT2D eigenvalue weighted by atomic mass is 10.0. The molecule has 1 saturated heterocycles. The standard InChI is InChI=1S/C17H28N2O2/c1-4-8-18-17-13-21-12-15(17)11-19(2)10-14-6-5-7-16(9-14)20-3/h5-7,9,15,17-18H,4,8,10-13H2,1-3H3. The average molecular weight is 292 g/mol. The quantitative estimate of drug-likeness (QED) is 0.796. The second-order valence-corrected chi connectivity index (χ2v) is 5.91. The van der Waals surface area contributed by atoms with E-state index in [1.807, 2.05) is 12.1 Å².